The van der Waals surface area contributed by atoms with Crippen LogP contribution < -0.4 is 10.1 Å². The fourth-order valence-electron chi connectivity index (χ4n) is 4.36. The van der Waals surface area contributed by atoms with E-state index in [0.29, 0.717) is 6.61 Å². The molecular formula is C24H27Cl2N3O. The number of fused-ring (bicyclic) bond motifs is 4. The number of hydrogen-bond donors (Lipinski definition) is 2. The van der Waals surface area contributed by atoms with Gasteiger partial charge in [0.2, 0.25) is 0 Å². The van der Waals surface area contributed by atoms with Crippen molar-refractivity contribution in [1.82, 2.24) is 15.3 Å². The summed E-state index contributed by atoms with van der Waals surface area (Å²) in [5, 5.41) is 7.19. The van der Waals surface area contributed by atoms with E-state index in [0.717, 1.165) is 55.3 Å². The number of benzene rings is 2. The average Bonchev–Trinajstić information content (AvgIpc) is 2.93. The standard InChI is InChI=1S/C24H25N3O.2ClH/c1-4-17(24-20-10-12-25-14-11-21(20)27-22(24)7-1)6-3-15-28-23-8-2-5-18-16-26-13-9-19(18)23;;/h1-2,4-5,7-9,13,16,25,27H,3,6,10-12,14-15H2;2*1H. The van der Waals surface area contributed by atoms with Gasteiger partial charge >= 0.3 is 0 Å². The maximum absolute atomic E-state index is 6.12. The van der Waals surface area contributed by atoms with E-state index in [9.17, 15) is 0 Å². The number of hydrogen-bond acceptors (Lipinski definition) is 3. The first kappa shape index (κ1) is 22.4. The highest BCUT2D eigenvalue weighted by atomic mass is 35.5. The number of nitrogens with zero attached hydrogens (tertiary/aromatic N) is 1. The van der Waals surface area contributed by atoms with Gasteiger partial charge in [-0.1, -0.05) is 24.3 Å². The number of aromatic nitrogens is 2. The van der Waals surface area contributed by atoms with Gasteiger partial charge in [0.1, 0.15) is 5.75 Å². The predicted octanol–water partition coefficient (Wildman–Crippen LogP) is 5.26. The number of aryl methyl sites for hydroxylation is 1. The Morgan fingerprint density at radius 3 is 2.77 bits per heavy atom. The molecule has 5 rings (SSSR count). The Balaban J connectivity index is 0.00000128. The van der Waals surface area contributed by atoms with Crippen LogP contribution >= 0.6 is 24.8 Å². The lowest BCUT2D eigenvalue weighted by Gasteiger charge is -2.10. The van der Waals surface area contributed by atoms with Crippen LogP contribution in [-0.2, 0) is 19.3 Å². The number of nitrogens with one attached hydrogen (secondary N) is 2. The summed E-state index contributed by atoms with van der Waals surface area (Å²) in [6, 6.07) is 14.8. The van der Waals surface area contributed by atoms with Crippen molar-refractivity contribution in [3.8, 4) is 5.75 Å². The summed E-state index contributed by atoms with van der Waals surface area (Å²) >= 11 is 0. The summed E-state index contributed by atoms with van der Waals surface area (Å²) in [6.07, 6.45) is 7.92. The van der Waals surface area contributed by atoms with Crippen LogP contribution in [0.25, 0.3) is 21.7 Å². The summed E-state index contributed by atoms with van der Waals surface area (Å²) in [6.45, 7) is 2.84. The highest BCUT2D eigenvalue weighted by Crippen LogP contribution is 2.29. The Bertz CT molecular complexity index is 1120. The van der Waals surface area contributed by atoms with Crippen LogP contribution in [-0.4, -0.2) is 29.7 Å². The summed E-state index contributed by atoms with van der Waals surface area (Å²) in [5.74, 6) is 0.944. The van der Waals surface area contributed by atoms with Crippen LogP contribution in [0.1, 0.15) is 23.2 Å². The molecule has 3 heterocycles. The molecule has 0 spiro atoms. The largest absolute Gasteiger partial charge is 0.493 e. The van der Waals surface area contributed by atoms with Crippen LogP contribution in [0.2, 0.25) is 0 Å². The van der Waals surface area contributed by atoms with E-state index >= 15 is 0 Å². The third-order valence-electron chi connectivity index (χ3n) is 5.69. The van der Waals surface area contributed by atoms with Gasteiger partial charge in [-0.2, -0.15) is 0 Å². The molecule has 30 heavy (non-hydrogen) atoms. The summed E-state index contributed by atoms with van der Waals surface area (Å²) in [7, 11) is 0. The van der Waals surface area contributed by atoms with Crippen molar-refractivity contribution < 1.29 is 4.74 Å². The van der Waals surface area contributed by atoms with Gasteiger partial charge in [0.15, 0.2) is 0 Å². The highest BCUT2D eigenvalue weighted by Gasteiger charge is 2.16. The minimum absolute atomic E-state index is 0. The summed E-state index contributed by atoms with van der Waals surface area (Å²) in [5.41, 5.74) is 5.64. The second kappa shape index (κ2) is 10.2. The van der Waals surface area contributed by atoms with Crippen LogP contribution in [0.4, 0.5) is 0 Å². The molecular weight excluding hydrogens is 417 g/mol. The number of H-pyrrole nitrogens is 1. The molecule has 2 aromatic carbocycles. The van der Waals surface area contributed by atoms with Gasteiger partial charge in [-0.05, 0) is 55.1 Å². The van der Waals surface area contributed by atoms with Crippen molar-refractivity contribution in [2.45, 2.75) is 25.7 Å². The van der Waals surface area contributed by atoms with E-state index in [1.54, 1.807) is 0 Å². The zero-order valence-corrected chi connectivity index (χ0v) is 18.5. The number of pyridine rings is 1. The number of rotatable bonds is 5. The lowest BCUT2D eigenvalue weighted by atomic mass is 9.99. The Labute approximate surface area is 189 Å². The molecule has 158 valence electrons. The van der Waals surface area contributed by atoms with Gasteiger partial charge < -0.3 is 15.0 Å². The Morgan fingerprint density at radius 2 is 1.83 bits per heavy atom. The van der Waals surface area contributed by atoms with Crippen LogP contribution in [0, 0.1) is 0 Å². The molecule has 1 aliphatic heterocycles. The minimum atomic E-state index is 0. The average molecular weight is 444 g/mol. The van der Waals surface area contributed by atoms with E-state index in [4.69, 9.17) is 4.74 Å². The van der Waals surface area contributed by atoms with Gasteiger partial charge in [0, 0.05) is 52.7 Å². The van der Waals surface area contributed by atoms with Crippen LogP contribution in [0.5, 0.6) is 5.75 Å². The second-order valence-corrected chi connectivity index (χ2v) is 7.48. The number of aromatic amines is 1. The van der Waals surface area contributed by atoms with Crippen molar-refractivity contribution in [2.75, 3.05) is 19.7 Å². The predicted molar refractivity (Wildman–Crippen MR) is 129 cm³/mol. The zero-order chi connectivity index (χ0) is 18.8. The summed E-state index contributed by atoms with van der Waals surface area (Å²) < 4.78 is 6.12. The quantitative estimate of drug-likeness (QED) is 0.413. The first-order valence-corrected chi connectivity index (χ1v) is 10.2. The fraction of sp³-hybridized carbons (Fsp3) is 0.292. The molecule has 2 N–H and O–H groups in total. The molecule has 6 heteroatoms. The highest BCUT2D eigenvalue weighted by molar-refractivity contribution is 5.88. The smallest absolute Gasteiger partial charge is 0.127 e. The molecule has 2 aromatic heterocycles. The lowest BCUT2D eigenvalue weighted by molar-refractivity contribution is 0.315. The maximum atomic E-state index is 6.12. The first-order valence-electron chi connectivity index (χ1n) is 10.2. The normalized spacial score (nSPS) is 13.2. The van der Waals surface area contributed by atoms with Crippen molar-refractivity contribution in [1.29, 1.82) is 0 Å². The molecule has 0 unspecified atom stereocenters. The molecule has 4 aromatic rings. The maximum Gasteiger partial charge on any atom is 0.127 e. The minimum Gasteiger partial charge on any atom is -0.493 e. The van der Waals surface area contributed by atoms with Crippen molar-refractivity contribution in [2.24, 2.45) is 0 Å². The van der Waals surface area contributed by atoms with Crippen LogP contribution in [0.15, 0.2) is 54.9 Å². The topological polar surface area (TPSA) is 49.9 Å². The molecule has 0 radical (unpaired) electrons. The second-order valence-electron chi connectivity index (χ2n) is 7.48. The molecule has 1 aliphatic rings. The molecule has 4 nitrogen and oxygen atoms in total. The van der Waals surface area contributed by atoms with Gasteiger partial charge in [0.05, 0.1) is 6.61 Å². The molecule has 0 saturated heterocycles. The van der Waals surface area contributed by atoms with E-state index in [1.165, 1.54) is 27.7 Å². The van der Waals surface area contributed by atoms with E-state index < -0.39 is 0 Å². The van der Waals surface area contributed by atoms with Gasteiger partial charge in [0.25, 0.3) is 0 Å². The monoisotopic (exact) mass is 443 g/mol. The van der Waals surface area contributed by atoms with Gasteiger partial charge in [-0.15, -0.1) is 24.8 Å². The number of ether oxygens (including phenoxy) is 1. The molecule has 0 atom stereocenters. The zero-order valence-electron chi connectivity index (χ0n) is 16.8. The van der Waals surface area contributed by atoms with Crippen molar-refractivity contribution in [3.63, 3.8) is 0 Å². The molecule has 0 amide bonds. The fourth-order valence-corrected chi connectivity index (χ4v) is 4.36. The van der Waals surface area contributed by atoms with E-state index in [1.807, 2.05) is 30.6 Å². The Morgan fingerprint density at radius 1 is 0.967 bits per heavy atom. The van der Waals surface area contributed by atoms with Crippen molar-refractivity contribution >= 4 is 46.5 Å². The number of halogens is 2. The van der Waals surface area contributed by atoms with Crippen LogP contribution in [0.3, 0.4) is 0 Å². The van der Waals surface area contributed by atoms with Gasteiger partial charge in [-0.25, -0.2) is 0 Å². The molecule has 0 aliphatic carbocycles. The third-order valence-corrected chi connectivity index (χ3v) is 5.69. The SMILES string of the molecule is Cl.Cl.c1cc(OCCCc2cccc3[nH]c4c(c23)CCNCC4)c2ccncc2c1. The molecule has 0 bridgehead atoms. The summed E-state index contributed by atoms with van der Waals surface area (Å²) in [4.78, 5) is 7.85. The lowest BCUT2D eigenvalue weighted by Crippen LogP contribution is -2.16. The third kappa shape index (κ3) is 4.41. The van der Waals surface area contributed by atoms with Gasteiger partial charge in [-0.3, -0.25) is 4.98 Å². The molecule has 0 saturated carbocycles. The molecule has 0 fully saturated rings. The Kier molecular flexibility index (Phi) is 7.59. The van der Waals surface area contributed by atoms with Crippen molar-refractivity contribution in [3.05, 3.63) is 71.7 Å². The Hall–Kier alpha value is -2.27. The van der Waals surface area contributed by atoms with E-state index in [2.05, 4.69) is 39.6 Å². The van der Waals surface area contributed by atoms with E-state index in [-0.39, 0.29) is 24.8 Å². The first-order chi connectivity index (χ1) is 13.9.